The van der Waals surface area contributed by atoms with Gasteiger partial charge in [0.1, 0.15) is 5.82 Å². The molecule has 0 atom stereocenters. The molecule has 4 heterocycles. The highest BCUT2D eigenvalue weighted by Crippen LogP contribution is 2.38. The number of hydrogen-bond donors (Lipinski definition) is 0. The van der Waals surface area contributed by atoms with Gasteiger partial charge in [0, 0.05) is 44.4 Å². The van der Waals surface area contributed by atoms with Gasteiger partial charge in [-0.15, -0.1) is 0 Å². The largest absolute Gasteiger partial charge is 0.309 e. The zero-order valence-corrected chi connectivity index (χ0v) is 26.0. The Morgan fingerprint density at radius 1 is 0.396 bits per heavy atom. The monoisotopic (exact) mass is 612 g/mol. The summed E-state index contributed by atoms with van der Waals surface area (Å²) in [6.45, 7) is 0. The number of aromatic nitrogens is 4. The number of nitrogens with zero attached hydrogens (tertiary/aromatic N) is 4. The number of benzene rings is 6. The summed E-state index contributed by atoms with van der Waals surface area (Å²) in [4.78, 5) is 9.94. The molecule has 4 aromatic heterocycles. The summed E-state index contributed by atoms with van der Waals surface area (Å²) in [5, 5.41) is 6.04. The van der Waals surface area contributed by atoms with Crippen LogP contribution in [0, 0.1) is 0 Å². The predicted octanol–water partition coefficient (Wildman–Crippen LogP) is 11.2. The summed E-state index contributed by atoms with van der Waals surface area (Å²) in [6, 6.07) is 58.2. The number of rotatable bonds is 4. The van der Waals surface area contributed by atoms with Gasteiger partial charge in [0.15, 0.2) is 0 Å². The zero-order chi connectivity index (χ0) is 31.6. The fourth-order valence-electron chi connectivity index (χ4n) is 7.42. The second-order valence-electron chi connectivity index (χ2n) is 12.3. The molecule has 0 fully saturated rings. The Morgan fingerprint density at radius 2 is 0.917 bits per heavy atom. The molecule has 6 aromatic carbocycles. The Labute approximate surface area is 276 Å². The molecule has 0 saturated heterocycles. The molecular weight excluding hydrogens is 585 g/mol. The topological polar surface area (TPSA) is 35.6 Å². The highest BCUT2D eigenvalue weighted by Gasteiger charge is 2.18. The molecule has 10 aromatic rings. The van der Waals surface area contributed by atoms with Crippen molar-refractivity contribution in [3.63, 3.8) is 0 Å². The lowest BCUT2D eigenvalue weighted by atomic mass is 9.98. The zero-order valence-electron chi connectivity index (χ0n) is 26.0. The van der Waals surface area contributed by atoms with Crippen LogP contribution in [0.3, 0.4) is 0 Å². The van der Waals surface area contributed by atoms with E-state index in [1.807, 2.05) is 18.3 Å². The molecule has 224 valence electrons. The van der Waals surface area contributed by atoms with Crippen molar-refractivity contribution < 1.29 is 0 Å². The standard InChI is InChI=1S/C44H28N4/c1-5-16-40-32(11-1)33-12-2-6-17-41(33)47(40)31-24-25-39-37(27-31)36(29-20-22-30(23-21-29)38-15-9-10-26-45-38)28-44(46-39)48-42-18-7-3-13-34(42)35-14-4-8-19-43(35)48/h1-28H. The minimum Gasteiger partial charge on any atom is -0.309 e. The molecule has 0 bridgehead atoms. The van der Waals surface area contributed by atoms with E-state index in [2.05, 4.69) is 166 Å². The van der Waals surface area contributed by atoms with E-state index < -0.39 is 0 Å². The van der Waals surface area contributed by atoms with Gasteiger partial charge < -0.3 is 4.57 Å². The molecule has 0 spiro atoms. The first-order valence-electron chi connectivity index (χ1n) is 16.3. The van der Waals surface area contributed by atoms with Crippen LogP contribution >= 0.6 is 0 Å². The van der Waals surface area contributed by atoms with Gasteiger partial charge in [0.2, 0.25) is 0 Å². The van der Waals surface area contributed by atoms with E-state index in [4.69, 9.17) is 4.98 Å². The van der Waals surface area contributed by atoms with Crippen molar-refractivity contribution in [3.05, 3.63) is 170 Å². The second-order valence-corrected chi connectivity index (χ2v) is 12.3. The maximum absolute atomic E-state index is 5.36. The van der Waals surface area contributed by atoms with E-state index in [1.165, 1.54) is 32.6 Å². The van der Waals surface area contributed by atoms with E-state index in [-0.39, 0.29) is 0 Å². The van der Waals surface area contributed by atoms with Crippen LogP contribution in [0.4, 0.5) is 0 Å². The van der Waals surface area contributed by atoms with E-state index in [0.29, 0.717) is 0 Å². The number of fused-ring (bicyclic) bond motifs is 7. The highest BCUT2D eigenvalue weighted by atomic mass is 15.1. The SMILES string of the molecule is c1ccc(-c2ccc(-c3cc(-n4c5ccccc5c5ccccc54)nc4ccc(-n5c6ccccc6c6ccccc65)cc34)cc2)nc1. The fourth-order valence-corrected chi connectivity index (χ4v) is 7.42. The first kappa shape index (κ1) is 26.7. The van der Waals surface area contributed by atoms with Gasteiger partial charge in [-0.1, -0.05) is 103 Å². The lowest BCUT2D eigenvalue weighted by Gasteiger charge is -2.15. The third-order valence-electron chi connectivity index (χ3n) is 9.58. The molecule has 0 saturated carbocycles. The Balaban J connectivity index is 1.25. The molecule has 48 heavy (non-hydrogen) atoms. The minimum atomic E-state index is 0.897. The third kappa shape index (κ3) is 4.03. The molecule has 0 aliphatic heterocycles. The van der Waals surface area contributed by atoms with Gasteiger partial charge in [-0.3, -0.25) is 9.55 Å². The van der Waals surface area contributed by atoms with Crippen LogP contribution < -0.4 is 0 Å². The maximum Gasteiger partial charge on any atom is 0.138 e. The first-order chi connectivity index (χ1) is 23.8. The number of para-hydroxylation sites is 4. The normalized spacial score (nSPS) is 11.8. The van der Waals surface area contributed by atoms with Gasteiger partial charge in [-0.05, 0) is 71.8 Å². The van der Waals surface area contributed by atoms with Crippen LogP contribution in [0.25, 0.3) is 88.4 Å². The van der Waals surface area contributed by atoms with E-state index in [1.54, 1.807) is 0 Å². The smallest absolute Gasteiger partial charge is 0.138 e. The average molecular weight is 613 g/mol. The summed E-state index contributed by atoms with van der Waals surface area (Å²) in [6.07, 6.45) is 1.84. The summed E-state index contributed by atoms with van der Waals surface area (Å²) in [5.41, 5.74) is 11.0. The van der Waals surface area contributed by atoms with Crippen molar-refractivity contribution in [1.29, 1.82) is 0 Å². The van der Waals surface area contributed by atoms with Gasteiger partial charge >= 0.3 is 0 Å². The summed E-state index contributed by atoms with van der Waals surface area (Å²) in [5.74, 6) is 0.897. The second kappa shape index (κ2) is 10.5. The van der Waals surface area contributed by atoms with E-state index in [9.17, 15) is 0 Å². The van der Waals surface area contributed by atoms with Gasteiger partial charge in [-0.2, -0.15) is 0 Å². The molecule has 0 amide bonds. The fraction of sp³-hybridized carbons (Fsp3) is 0. The Bertz CT molecular complexity index is 2720. The molecule has 0 unspecified atom stereocenters. The van der Waals surface area contributed by atoms with Crippen molar-refractivity contribution in [3.8, 4) is 33.9 Å². The van der Waals surface area contributed by atoms with Crippen LogP contribution in [0.15, 0.2) is 170 Å². The molecule has 0 radical (unpaired) electrons. The Hall–Kier alpha value is -6.52. The molecule has 0 aliphatic rings. The summed E-state index contributed by atoms with van der Waals surface area (Å²) in [7, 11) is 0. The van der Waals surface area contributed by atoms with E-state index >= 15 is 0 Å². The van der Waals surface area contributed by atoms with Gasteiger partial charge in [0.25, 0.3) is 0 Å². The van der Waals surface area contributed by atoms with E-state index in [0.717, 1.165) is 55.8 Å². The number of hydrogen-bond acceptors (Lipinski definition) is 2. The third-order valence-corrected chi connectivity index (χ3v) is 9.58. The van der Waals surface area contributed by atoms with Gasteiger partial charge in [-0.25, -0.2) is 4.98 Å². The quantitative estimate of drug-likeness (QED) is 0.198. The lowest BCUT2D eigenvalue weighted by molar-refractivity contribution is 1.10. The summed E-state index contributed by atoms with van der Waals surface area (Å²) >= 11 is 0. The highest BCUT2D eigenvalue weighted by molar-refractivity contribution is 6.11. The van der Waals surface area contributed by atoms with Crippen molar-refractivity contribution in [2.24, 2.45) is 0 Å². The van der Waals surface area contributed by atoms with Crippen molar-refractivity contribution in [2.75, 3.05) is 0 Å². The molecule has 10 rings (SSSR count). The molecular formula is C44H28N4. The Kier molecular flexibility index (Phi) is 5.84. The lowest BCUT2D eigenvalue weighted by Crippen LogP contribution is -2.00. The van der Waals surface area contributed by atoms with Crippen molar-refractivity contribution in [2.45, 2.75) is 0 Å². The predicted molar refractivity (Wildman–Crippen MR) is 199 cm³/mol. The van der Waals surface area contributed by atoms with Crippen LogP contribution in [-0.2, 0) is 0 Å². The first-order valence-corrected chi connectivity index (χ1v) is 16.3. The Morgan fingerprint density at radius 3 is 1.48 bits per heavy atom. The molecule has 0 aliphatic carbocycles. The summed E-state index contributed by atoms with van der Waals surface area (Å²) < 4.78 is 4.68. The van der Waals surface area contributed by atoms with Crippen molar-refractivity contribution in [1.82, 2.24) is 19.1 Å². The molecule has 4 heteroatoms. The van der Waals surface area contributed by atoms with Crippen LogP contribution in [0.2, 0.25) is 0 Å². The minimum absolute atomic E-state index is 0.897. The molecule has 0 N–H and O–H groups in total. The maximum atomic E-state index is 5.36. The molecule has 4 nitrogen and oxygen atoms in total. The average Bonchev–Trinajstić information content (AvgIpc) is 3.68. The van der Waals surface area contributed by atoms with Crippen molar-refractivity contribution >= 4 is 54.5 Å². The van der Waals surface area contributed by atoms with Crippen LogP contribution in [-0.4, -0.2) is 19.1 Å². The number of pyridine rings is 2. The van der Waals surface area contributed by atoms with Crippen LogP contribution in [0.5, 0.6) is 0 Å². The van der Waals surface area contributed by atoms with Gasteiger partial charge in [0.05, 0.1) is 33.3 Å². The van der Waals surface area contributed by atoms with Crippen LogP contribution in [0.1, 0.15) is 0 Å².